The highest BCUT2D eigenvalue weighted by atomic mass is 16.1. The monoisotopic (exact) mass is 361 g/mol. The quantitative estimate of drug-likeness (QED) is 0.696. The Labute approximate surface area is 158 Å². The van der Waals surface area contributed by atoms with E-state index in [-0.39, 0.29) is 5.56 Å². The molecular formula is C21H23N5O. The van der Waals surface area contributed by atoms with Crippen LogP contribution in [-0.4, -0.2) is 50.7 Å². The molecule has 6 nitrogen and oxygen atoms in total. The van der Waals surface area contributed by atoms with Gasteiger partial charge in [0.1, 0.15) is 0 Å². The molecule has 27 heavy (non-hydrogen) atoms. The van der Waals surface area contributed by atoms with Crippen molar-refractivity contribution in [2.24, 2.45) is 0 Å². The van der Waals surface area contributed by atoms with Gasteiger partial charge in [-0.2, -0.15) is 5.10 Å². The van der Waals surface area contributed by atoms with Crippen molar-refractivity contribution < 1.29 is 0 Å². The molecule has 0 bridgehead atoms. The second-order valence-electron chi connectivity index (χ2n) is 6.81. The molecule has 2 aromatic heterocycles. The van der Waals surface area contributed by atoms with Gasteiger partial charge in [0.2, 0.25) is 0 Å². The highest BCUT2D eigenvalue weighted by Crippen LogP contribution is 2.14. The first-order chi connectivity index (χ1) is 13.3. The summed E-state index contributed by atoms with van der Waals surface area (Å²) in [6, 6.07) is 17.5. The number of benzene rings is 1. The van der Waals surface area contributed by atoms with E-state index in [1.54, 1.807) is 16.8 Å². The number of hydrogen-bond acceptors (Lipinski definition) is 5. The zero-order valence-corrected chi connectivity index (χ0v) is 15.2. The summed E-state index contributed by atoms with van der Waals surface area (Å²) in [7, 11) is 0. The Morgan fingerprint density at radius 3 is 2.26 bits per heavy atom. The molecule has 0 atom stereocenters. The molecule has 6 heteroatoms. The Balaban J connectivity index is 1.38. The number of pyridine rings is 1. The summed E-state index contributed by atoms with van der Waals surface area (Å²) in [5.41, 5.74) is 3.07. The van der Waals surface area contributed by atoms with Gasteiger partial charge < -0.3 is 0 Å². The molecule has 0 unspecified atom stereocenters. The number of rotatable bonds is 5. The fourth-order valence-electron chi connectivity index (χ4n) is 3.34. The van der Waals surface area contributed by atoms with Gasteiger partial charge in [0.15, 0.2) is 0 Å². The minimum absolute atomic E-state index is 0.0612. The van der Waals surface area contributed by atoms with Gasteiger partial charge in [0, 0.05) is 56.7 Å². The van der Waals surface area contributed by atoms with Crippen LogP contribution in [0.4, 0.5) is 0 Å². The van der Waals surface area contributed by atoms with E-state index in [0.717, 1.165) is 44.0 Å². The van der Waals surface area contributed by atoms with Crippen LogP contribution in [0, 0.1) is 0 Å². The third-order valence-corrected chi connectivity index (χ3v) is 4.89. The molecule has 1 aliphatic heterocycles. The molecule has 0 aliphatic carbocycles. The highest BCUT2D eigenvalue weighted by Gasteiger charge is 2.18. The number of aromatic nitrogens is 3. The first-order valence-corrected chi connectivity index (χ1v) is 9.25. The van der Waals surface area contributed by atoms with Crippen molar-refractivity contribution >= 4 is 0 Å². The summed E-state index contributed by atoms with van der Waals surface area (Å²) in [6.45, 7) is 5.29. The largest absolute Gasteiger partial charge is 0.297 e. The van der Waals surface area contributed by atoms with Crippen molar-refractivity contribution in [3.63, 3.8) is 0 Å². The second kappa shape index (κ2) is 8.24. The minimum Gasteiger partial charge on any atom is -0.297 e. The smallest absolute Gasteiger partial charge is 0.268 e. The summed E-state index contributed by atoms with van der Waals surface area (Å²) < 4.78 is 1.57. The van der Waals surface area contributed by atoms with Gasteiger partial charge in [-0.15, -0.1) is 0 Å². The van der Waals surface area contributed by atoms with Crippen molar-refractivity contribution in [3.8, 4) is 11.3 Å². The van der Waals surface area contributed by atoms with Crippen LogP contribution in [0.3, 0.4) is 0 Å². The Kier molecular flexibility index (Phi) is 5.37. The van der Waals surface area contributed by atoms with Gasteiger partial charge in [-0.1, -0.05) is 30.3 Å². The van der Waals surface area contributed by atoms with Crippen LogP contribution in [0.2, 0.25) is 0 Å². The van der Waals surface area contributed by atoms with Crippen molar-refractivity contribution in [1.82, 2.24) is 24.6 Å². The summed E-state index contributed by atoms with van der Waals surface area (Å²) in [5.74, 6) is 0. The summed E-state index contributed by atoms with van der Waals surface area (Å²) in [5, 5.41) is 4.57. The summed E-state index contributed by atoms with van der Waals surface area (Å²) in [6.07, 6.45) is 3.67. The van der Waals surface area contributed by atoms with E-state index in [2.05, 4.69) is 32.0 Å². The molecule has 0 saturated carbocycles. The average molecular weight is 361 g/mol. The number of nitrogens with zero attached hydrogens (tertiary/aromatic N) is 5. The summed E-state index contributed by atoms with van der Waals surface area (Å²) >= 11 is 0. The Bertz CT molecular complexity index is 918. The van der Waals surface area contributed by atoms with Crippen molar-refractivity contribution in [2.75, 3.05) is 26.2 Å². The Hall–Kier alpha value is -2.83. The fourth-order valence-corrected chi connectivity index (χ4v) is 3.34. The van der Waals surface area contributed by atoms with Crippen LogP contribution in [0.15, 0.2) is 71.8 Å². The van der Waals surface area contributed by atoms with Crippen molar-refractivity contribution in [3.05, 3.63) is 82.9 Å². The van der Waals surface area contributed by atoms with Crippen LogP contribution in [-0.2, 0) is 13.2 Å². The number of hydrogen-bond donors (Lipinski definition) is 0. The highest BCUT2D eigenvalue weighted by molar-refractivity contribution is 5.57. The van der Waals surface area contributed by atoms with E-state index >= 15 is 0 Å². The standard InChI is InChI=1S/C21H23N5O/c27-21-7-6-20(19-4-2-1-3-5-19)23-26(21)17-25-14-12-24(13-15-25)16-18-8-10-22-11-9-18/h1-11H,12-17H2. The number of piperazine rings is 1. The molecule has 0 amide bonds. The zero-order chi connectivity index (χ0) is 18.5. The van der Waals surface area contributed by atoms with Crippen LogP contribution < -0.4 is 5.56 Å². The Morgan fingerprint density at radius 2 is 1.52 bits per heavy atom. The molecule has 0 radical (unpaired) electrons. The van der Waals surface area contributed by atoms with Gasteiger partial charge in [-0.05, 0) is 23.8 Å². The van der Waals surface area contributed by atoms with Gasteiger partial charge >= 0.3 is 0 Å². The molecule has 1 saturated heterocycles. The van der Waals surface area contributed by atoms with Gasteiger partial charge in [0.05, 0.1) is 12.4 Å². The molecule has 1 aliphatic rings. The van der Waals surface area contributed by atoms with E-state index in [9.17, 15) is 4.79 Å². The van der Waals surface area contributed by atoms with Crippen LogP contribution in [0.5, 0.6) is 0 Å². The van der Waals surface area contributed by atoms with E-state index in [4.69, 9.17) is 0 Å². The lowest BCUT2D eigenvalue weighted by Gasteiger charge is -2.34. The maximum atomic E-state index is 12.2. The molecule has 3 aromatic rings. The minimum atomic E-state index is -0.0612. The van der Waals surface area contributed by atoms with Gasteiger partial charge in [-0.25, -0.2) is 4.68 Å². The first kappa shape index (κ1) is 17.6. The van der Waals surface area contributed by atoms with E-state index in [0.29, 0.717) is 6.67 Å². The second-order valence-corrected chi connectivity index (χ2v) is 6.81. The van der Waals surface area contributed by atoms with Crippen molar-refractivity contribution in [2.45, 2.75) is 13.2 Å². The Morgan fingerprint density at radius 1 is 0.815 bits per heavy atom. The molecule has 0 N–H and O–H groups in total. The lowest BCUT2D eigenvalue weighted by Crippen LogP contribution is -2.47. The SMILES string of the molecule is O=c1ccc(-c2ccccc2)nn1CN1CCN(Cc2ccncc2)CC1. The molecular weight excluding hydrogens is 338 g/mol. The third-order valence-electron chi connectivity index (χ3n) is 4.89. The molecule has 1 fully saturated rings. The fraction of sp³-hybridized carbons (Fsp3) is 0.286. The maximum absolute atomic E-state index is 12.2. The first-order valence-electron chi connectivity index (χ1n) is 9.25. The predicted molar refractivity (Wildman–Crippen MR) is 105 cm³/mol. The average Bonchev–Trinajstić information content (AvgIpc) is 2.72. The van der Waals surface area contributed by atoms with Crippen LogP contribution in [0.1, 0.15) is 5.56 Å². The summed E-state index contributed by atoms with van der Waals surface area (Å²) in [4.78, 5) is 21.0. The lowest BCUT2D eigenvalue weighted by molar-refractivity contribution is 0.0971. The van der Waals surface area contributed by atoms with E-state index < -0.39 is 0 Å². The maximum Gasteiger partial charge on any atom is 0.268 e. The molecule has 0 spiro atoms. The predicted octanol–water partition coefficient (Wildman–Crippen LogP) is 2.08. The molecule has 1 aromatic carbocycles. The van der Waals surface area contributed by atoms with Crippen LogP contribution >= 0.6 is 0 Å². The van der Waals surface area contributed by atoms with Crippen LogP contribution in [0.25, 0.3) is 11.3 Å². The third kappa shape index (κ3) is 4.48. The topological polar surface area (TPSA) is 54.3 Å². The van der Waals surface area contributed by atoms with Crippen molar-refractivity contribution in [1.29, 1.82) is 0 Å². The van der Waals surface area contributed by atoms with Gasteiger partial charge in [-0.3, -0.25) is 19.6 Å². The molecule has 3 heterocycles. The normalized spacial score (nSPS) is 15.7. The van der Waals surface area contributed by atoms with E-state index in [1.165, 1.54) is 5.56 Å². The van der Waals surface area contributed by atoms with E-state index in [1.807, 2.05) is 42.7 Å². The lowest BCUT2D eigenvalue weighted by atomic mass is 10.1. The van der Waals surface area contributed by atoms with Gasteiger partial charge in [0.25, 0.3) is 5.56 Å². The zero-order valence-electron chi connectivity index (χ0n) is 15.2. The molecule has 138 valence electrons. The molecule has 4 rings (SSSR count).